The van der Waals surface area contributed by atoms with Crippen molar-refractivity contribution in [2.75, 3.05) is 0 Å². The highest BCUT2D eigenvalue weighted by Gasteiger charge is 1.96. The van der Waals surface area contributed by atoms with Crippen molar-refractivity contribution in [2.45, 2.75) is 6.92 Å². The van der Waals surface area contributed by atoms with Crippen LogP contribution in [-0.4, -0.2) is 11.7 Å². The summed E-state index contributed by atoms with van der Waals surface area (Å²) in [5, 5.41) is 6.49. The number of rotatable bonds is 2. The fourth-order valence-electron chi connectivity index (χ4n) is 0.904. The van der Waals surface area contributed by atoms with Crippen molar-refractivity contribution in [1.29, 1.82) is 0 Å². The lowest BCUT2D eigenvalue weighted by molar-refractivity contribution is -0.464. The van der Waals surface area contributed by atoms with Gasteiger partial charge >= 0.3 is 5.96 Å². The monoisotopic (exact) mass is 255 g/mol. The summed E-state index contributed by atoms with van der Waals surface area (Å²) >= 11 is 3.36. The van der Waals surface area contributed by atoms with E-state index in [1.807, 2.05) is 31.2 Å². The van der Waals surface area contributed by atoms with Crippen molar-refractivity contribution in [1.82, 2.24) is 0 Å². The topological polar surface area (TPSA) is 78.4 Å². The van der Waals surface area contributed by atoms with Crippen LogP contribution in [0.15, 0.2) is 33.8 Å². The van der Waals surface area contributed by atoms with Crippen molar-refractivity contribution >= 4 is 27.6 Å². The van der Waals surface area contributed by atoms with Crippen LogP contribution in [0.4, 0.5) is 0 Å². The summed E-state index contributed by atoms with van der Waals surface area (Å²) in [4.78, 5) is 0. The van der Waals surface area contributed by atoms with Gasteiger partial charge in [0, 0.05) is 4.47 Å². The van der Waals surface area contributed by atoms with Crippen LogP contribution in [-0.2, 0) is 0 Å². The lowest BCUT2D eigenvalue weighted by atomic mass is 10.1. The van der Waals surface area contributed by atoms with Crippen LogP contribution in [0.2, 0.25) is 0 Å². The Balaban J connectivity index is 2.89. The van der Waals surface area contributed by atoms with E-state index in [-0.39, 0.29) is 5.96 Å². The van der Waals surface area contributed by atoms with Gasteiger partial charge in [-0.05, 0) is 24.6 Å². The molecule has 0 aliphatic rings. The Labute approximate surface area is 90.8 Å². The second kappa shape index (κ2) is 4.76. The molecule has 0 atom stereocenters. The Morgan fingerprint density at radius 1 is 1.29 bits per heavy atom. The average molecular weight is 256 g/mol. The summed E-state index contributed by atoms with van der Waals surface area (Å²) in [7, 11) is 0. The molecular weight excluding hydrogens is 244 g/mol. The van der Waals surface area contributed by atoms with Gasteiger partial charge in [0.15, 0.2) is 0 Å². The normalized spacial score (nSPS) is 11.1. The molecular formula is C9H12BrN4+. The lowest BCUT2D eigenvalue weighted by Crippen LogP contribution is -2.72. The quantitative estimate of drug-likeness (QED) is 0.380. The Morgan fingerprint density at radius 2 is 1.86 bits per heavy atom. The first-order valence-corrected chi connectivity index (χ1v) is 4.83. The summed E-state index contributed by atoms with van der Waals surface area (Å²) in [6.45, 7) is 1.87. The third-order valence-electron chi connectivity index (χ3n) is 1.61. The molecule has 0 fully saturated rings. The number of halogens is 1. The van der Waals surface area contributed by atoms with Crippen molar-refractivity contribution in [3.63, 3.8) is 0 Å². The van der Waals surface area contributed by atoms with Gasteiger partial charge in [0.2, 0.25) is 0 Å². The minimum absolute atomic E-state index is 0.0847. The smallest absolute Gasteiger partial charge is 0.289 e. The SMILES string of the molecule is C/C(=N/[NH+]=C(N)N)c1ccc(Br)cc1. The van der Waals surface area contributed by atoms with Gasteiger partial charge in [-0.3, -0.25) is 11.5 Å². The molecule has 0 unspecified atom stereocenters. The molecule has 0 saturated heterocycles. The molecule has 5 heteroatoms. The highest BCUT2D eigenvalue weighted by Crippen LogP contribution is 2.10. The highest BCUT2D eigenvalue weighted by atomic mass is 79.9. The molecule has 0 amide bonds. The van der Waals surface area contributed by atoms with Crippen molar-refractivity contribution in [3.05, 3.63) is 34.3 Å². The highest BCUT2D eigenvalue weighted by molar-refractivity contribution is 9.10. The van der Waals surface area contributed by atoms with Crippen LogP contribution in [0, 0.1) is 0 Å². The van der Waals surface area contributed by atoms with Gasteiger partial charge in [0.05, 0.1) is 5.71 Å². The first-order chi connectivity index (χ1) is 6.59. The molecule has 0 heterocycles. The fourth-order valence-corrected chi connectivity index (χ4v) is 1.17. The van der Waals surface area contributed by atoms with Crippen molar-refractivity contribution in [3.8, 4) is 0 Å². The standard InChI is InChI=1S/C9H11BrN4/c1-6(13-14-9(11)12)7-2-4-8(10)5-3-7/h2-5H,1H3,(H4,11,12,14)/p+1/b13-6-. The Morgan fingerprint density at radius 3 is 2.36 bits per heavy atom. The predicted molar refractivity (Wildman–Crippen MR) is 60.7 cm³/mol. The van der Waals surface area contributed by atoms with E-state index in [1.54, 1.807) is 0 Å². The Kier molecular flexibility index (Phi) is 3.64. The lowest BCUT2D eigenvalue weighted by Gasteiger charge is -1.97. The van der Waals surface area contributed by atoms with Gasteiger partial charge < -0.3 is 0 Å². The van der Waals surface area contributed by atoms with Crippen LogP contribution >= 0.6 is 15.9 Å². The molecule has 0 radical (unpaired) electrons. The molecule has 0 saturated carbocycles. The van der Waals surface area contributed by atoms with Gasteiger partial charge in [-0.25, -0.2) is 0 Å². The van der Waals surface area contributed by atoms with E-state index in [2.05, 4.69) is 26.1 Å². The van der Waals surface area contributed by atoms with Gasteiger partial charge in [-0.1, -0.05) is 28.1 Å². The second-order valence-electron chi connectivity index (χ2n) is 2.77. The number of hydrazone groups is 1. The summed E-state index contributed by atoms with van der Waals surface area (Å²) in [5.41, 5.74) is 12.3. The molecule has 0 spiro atoms. The maximum atomic E-state index is 5.21. The molecule has 0 bridgehead atoms. The Bertz CT molecular complexity index is 363. The van der Waals surface area contributed by atoms with Crippen molar-refractivity contribution in [2.24, 2.45) is 16.6 Å². The molecule has 14 heavy (non-hydrogen) atoms. The average Bonchev–Trinajstić information content (AvgIpc) is 2.15. The molecule has 0 aromatic heterocycles. The van der Waals surface area contributed by atoms with E-state index in [0.717, 1.165) is 15.7 Å². The molecule has 1 aromatic rings. The first kappa shape index (κ1) is 10.7. The Hall–Kier alpha value is -1.36. The zero-order valence-electron chi connectivity index (χ0n) is 7.79. The number of guanidine groups is 1. The largest absolute Gasteiger partial charge is 0.362 e. The van der Waals surface area contributed by atoms with E-state index in [0.29, 0.717) is 0 Å². The zero-order chi connectivity index (χ0) is 10.6. The zero-order valence-corrected chi connectivity index (χ0v) is 9.38. The maximum absolute atomic E-state index is 5.21. The van der Waals surface area contributed by atoms with E-state index in [1.165, 1.54) is 0 Å². The third kappa shape index (κ3) is 3.18. The van der Waals surface area contributed by atoms with E-state index in [9.17, 15) is 0 Å². The molecule has 1 aromatic carbocycles. The number of hydrogen-bond acceptors (Lipinski definition) is 1. The number of benzene rings is 1. The van der Waals surface area contributed by atoms with E-state index >= 15 is 0 Å². The predicted octanol–water partition coefficient (Wildman–Crippen LogP) is -0.473. The number of nitrogens with zero attached hydrogens (tertiary/aromatic N) is 1. The summed E-state index contributed by atoms with van der Waals surface area (Å²) in [5.74, 6) is 0.0847. The van der Waals surface area contributed by atoms with Gasteiger partial charge in [0.25, 0.3) is 0 Å². The van der Waals surface area contributed by atoms with Gasteiger partial charge in [-0.15, -0.1) is 5.10 Å². The van der Waals surface area contributed by atoms with Gasteiger partial charge in [0.1, 0.15) is 0 Å². The summed E-state index contributed by atoms with van der Waals surface area (Å²) in [6.07, 6.45) is 0. The van der Waals surface area contributed by atoms with E-state index in [4.69, 9.17) is 11.5 Å². The maximum Gasteiger partial charge on any atom is 0.362 e. The molecule has 4 nitrogen and oxygen atoms in total. The second-order valence-corrected chi connectivity index (χ2v) is 3.69. The minimum atomic E-state index is 0.0847. The summed E-state index contributed by atoms with van der Waals surface area (Å²) < 4.78 is 1.03. The van der Waals surface area contributed by atoms with Crippen LogP contribution < -0.4 is 16.6 Å². The number of hydrogen-bond donors (Lipinski definition) is 3. The van der Waals surface area contributed by atoms with E-state index < -0.39 is 0 Å². The van der Waals surface area contributed by atoms with Crippen LogP contribution in [0.3, 0.4) is 0 Å². The van der Waals surface area contributed by atoms with Crippen LogP contribution in [0.1, 0.15) is 12.5 Å². The fraction of sp³-hybridized carbons (Fsp3) is 0.111. The van der Waals surface area contributed by atoms with Crippen LogP contribution in [0.5, 0.6) is 0 Å². The minimum Gasteiger partial charge on any atom is -0.289 e. The van der Waals surface area contributed by atoms with Crippen LogP contribution in [0.25, 0.3) is 0 Å². The molecule has 1 rings (SSSR count). The molecule has 0 aliphatic carbocycles. The van der Waals surface area contributed by atoms with Crippen molar-refractivity contribution < 1.29 is 5.10 Å². The number of nitrogens with two attached hydrogens (primary N) is 2. The summed E-state index contributed by atoms with van der Waals surface area (Å²) in [6, 6.07) is 7.81. The number of nitrogens with one attached hydrogen (secondary N) is 1. The third-order valence-corrected chi connectivity index (χ3v) is 2.14. The molecule has 5 N–H and O–H groups in total. The first-order valence-electron chi connectivity index (χ1n) is 4.03. The molecule has 0 aliphatic heterocycles. The van der Waals surface area contributed by atoms with Gasteiger partial charge in [-0.2, -0.15) is 5.10 Å². The molecule has 74 valence electrons.